The van der Waals surface area contributed by atoms with Crippen LogP contribution < -0.4 is 5.73 Å². The fourth-order valence-electron chi connectivity index (χ4n) is 1.62. The van der Waals surface area contributed by atoms with Crippen molar-refractivity contribution in [2.45, 2.75) is 13.3 Å². The van der Waals surface area contributed by atoms with Gasteiger partial charge in [0.05, 0.1) is 0 Å². The minimum atomic E-state index is -1.13. The summed E-state index contributed by atoms with van der Waals surface area (Å²) >= 11 is 0. The van der Waals surface area contributed by atoms with Crippen LogP contribution in [0, 0.1) is 0 Å². The molecular weight excluding hydrogens is 232 g/mol. The number of aromatic carboxylic acids is 1. The Morgan fingerprint density at radius 1 is 1.44 bits per heavy atom. The van der Waals surface area contributed by atoms with Crippen molar-refractivity contribution in [1.29, 1.82) is 0 Å². The second-order valence-corrected chi connectivity index (χ2v) is 3.68. The van der Waals surface area contributed by atoms with Crippen molar-refractivity contribution >= 4 is 11.8 Å². The molecule has 2 heterocycles. The maximum atomic E-state index is 10.8. The van der Waals surface area contributed by atoms with Crippen molar-refractivity contribution in [2.75, 3.05) is 5.73 Å². The van der Waals surface area contributed by atoms with Gasteiger partial charge in [0.2, 0.25) is 0 Å². The molecule has 0 aliphatic carbocycles. The molecule has 0 amide bonds. The van der Waals surface area contributed by atoms with Crippen LogP contribution in [0.1, 0.15) is 22.8 Å². The summed E-state index contributed by atoms with van der Waals surface area (Å²) in [6.45, 7) is 2.00. The predicted octanol–water partition coefficient (Wildman–Crippen LogP) is 1.38. The highest BCUT2D eigenvalue weighted by Gasteiger charge is 2.13. The van der Waals surface area contributed by atoms with Gasteiger partial charge in [-0.2, -0.15) is 0 Å². The number of rotatable bonds is 3. The SMILES string of the molecule is CCc1cnccc1-c1ncc(C(=O)O)c(N)n1. The first-order valence-corrected chi connectivity index (χ1v) is 5.42. The number of carbonyl (C=O) groups is 1. The van der Waals surface area contributed by atoms with Crippen LogP contribution in [0.4, 0.5) is 5.82 Å². The first-order valence-electron chi connectivity index (χ1n) is 5.42. The smallest absolute Gasteiger partial charge is 0.341 e. The van der Waals surface area contributed by atoms with E-state index < -0.39 is 5.97 Å². The number of hydrogen-bond acceptors (Lipinski definition) is 5. The number of pyridine rings is 1. The molecule has 0 fully saturated rings. The van der Waals surface area contributed by atoms with Gasteiger partial charge in [0.15, 0.2) is 5.82 Å². The Morgan fingerprint density at radius 3 is 2.83 bits per heavy atom. The van der Waals surface area contributed by atoms with E-state index in [0.29, 0.717) is 5.82 Å². The number of aromatic nitrogens is 3. The van der Waals surface area contributed by atoms with E-state index in [0.717, 1.165) is 17.5 Å². The van der Waals surface area contributed by atoms with Crippen LogP contribution in [-0.2, 0) is 6.42 Å². The van der Waals surface area contributed by atoms with Gasteiger partial charge in [-0.05, 0) is 18.1 Å². The topological polar surface area (TPSA) is 102 Å². The van der Waals surface area contributed by atoms with Gasteiger partial charge in [0.1, 0.15) is 11.4 Å². The third-order valence-electron chi connectivity index (χ3n) is 2.57. The van der Waals surface area contributed by atoms with Crippen molar-refractivity contribution in [3.05, 3.63) is 35.8 Å². The van der Waals surface area contributed by atoms with E-state index in [1.807, 2.05) is 6.92 Å². The van der Waals surface area contributed by atoms with Gasteiger partial charge in [-0.3, -0.25) is 4.98 Å². The fraction of sp³-hybridized carbons (Fsp3) is 0.167. The Balaban J connectivity index is 2.52. The van der Waals surface area contributed by atoms with Gasteiger partial charge >= 0.3 is 5.97 Å². The van der Waals surface area contributed by atoms with Crippen molar-refractivity contribution in [2.24, 2.45) is 0 Å². The molecule has 0 aromatic carbocycles. The van der Waals surface area contributed by atoms with E-state index in [1.165, 1.54) is 6.20 Å². The van der Waals surface area contributed by atoms with Crippen molar-refractivity contribution in [3.8, 4) is 11.4 Å². The summed E-state index contributed by atoms with van der Waals surface area (Å²) in [4.78, 5) is 22.9. The van der Waals surface area contributed by atoms with Gasteiger partial charge in [-0.15, -0.1) is 0 Å². The molecule has 0 bridgehead atoms. The molecule has 18 heavy (non-hydrogen) atoms. The van der Waals surface area contributed by atoms with Crippen molar-refractivity contribution < 1.29 is 9.90 Å². The summed E-state index contributed by atoms with van der Waals surface area (Å²) in [5.41, 5.74) is 7.31. The number of carboxylic acid groups (broad SMARTS) is 1. The van der Waals surface area contributed by atoms with Gasteiger partial charge in [0, 0.05) is 24.2 Å². The summed E-state index contributed by atoms with van der Waals surface area (Å²) in [5.74, 6) is -0.757. The Kier molecular flexibility index (Phi) is 3.18. The van der Waals surface area contributed by atoms with Crippen LogP contribution in [0.5, 0.6) is 0 Å². The van der Waals surface area contributed by atoms with E-state index in [2.05, 4.69) is 15.0 Å². The number of nitrogen functional groups attached to an aromatic ring is 1. The molecule has 2 rings (SSSR count). The highest BCUT2D eigenvalue weighted by atomic mass is 16.4. The number of nitrogens with zero attached hydrogens (tertiary/aromatic N) is 3. The van der Waals surface area contributed by atoms with Gasteiger partial charge in [-0.25, -0.2) is 14.8 Å². The molecule has 0 aliphatic heterocycles. The third-order valence-corrected chi connectivity index (χ3v) is 2.57. The van der Waals surface area contributed by atoms with Crippen molar-refractivity contribution in [1.82, 2.24) is 15.0 Å². The average molecular weight is 244 g/mol. The number of hydrogen-bond donors (Lipinski definition) is 2. The van der Waals surface area contributed by atoms with Gasteiger partial charge in [-0.1, -0.05) is 6.92 Å². The monoisotopic (exact) mass is 244 g/mol. The maximum Gasteiger partial charge on any atom is 0.341 e. The molecule has 0 spiro atoms. The normalized spacial score (nSPS) is 10.3. The second kappa shape index (κ2) is 4.79. The number of nitrogens with two attached hydrogens (primary N) is 1. The summed E-state index contributed by atoms with van der Waals surface area (Å²) in [6, 6.07) is 1.79. The van der Waals surface area contributed by atoms with Crippen LogP contribution in [-0.4, -0.2) is 26.0 Å². The fourth-order valence-corrected chi connectivity index (χ4v) is 1.62. The molecule has 3 N–H and O–H groups in total. The highest BCUT2D eigenvalue weighted by molar-refractivity contribution is 5.92. The molecular formula is C12H12N4O2. The Bertz CT molecular complexity index is 598. The minimum Gasteiger partial charge on any atom is -0.477 e. The van der Waals surface area contributed by atoms with Crippen LogP contribution in [0.25, 0.3) is 11.4 Å². The third kappa shape index (κ3) is 2.13. The molecule has 2 aromatic heterocycles. The zero-order chi connectivity index (χ0) is 13.1. The van der Waals surface area contributed by atoms with Gasteiger partial charge in [0.25, 0.3) is 0 Å². The predicted molar refractivity (Wildman–Crippen MR) is 66.0 cm³/mol. The Labute approximate surface area is 104 Å². The number of anilines is 1. The average Bonchev–Trinajstić information content (AvgIpc) is 2.38. The summed E-state index contributed by atoms with van der Waals surface area (Å²) in [5, 5.41) is 8.86. The minimum absolute atomic E-state index is 0.0358. The molecule has 92 valence electrons. The van der Waals surface area contributed by atoms with Crippen LogP contribution in [0.3, 0.4) is 0 Å². The zero-order valence-electron chi connectivity index (χ0n) is 9.79. The molecule has 0 unspecified atom stereocenters. The molecule has 0 radical (unpaired) electrons. The van der Waals surface area contributed by atoms with E-state index in [9.17, 15) is 4.79 Å². The molecule has 0 saturated heterocycles. The molecule has 0 saturated carbocycles. The number of carboxylic acids is 1. The summed E-state index contributed by atoms with van der Waals surface area (Å²) in [6.07, 6.45) is 5.38. The maximum absolute atomic E-state index is 10.8. The summed E-state index contributed by atoms with van der Waals surface area (Å²) < 4.78 is 0. The lowest BCUT2D eigenvalue weighted by atomic mass is 10.1. The first-order chi connectivity index (χ1) is 8.63. The highest BCUT2D eigenvalue weighted by Crippen LogP contribution is 2.21. The molecule has 6 heteroatoms. The zero-order valence-corrected chi connectivity index (χ0v) is 9.79. The second-order valence-electron chi connectivity index (χ2n) is 3.68. The quantitative estimate of drug-likeness (QED) is 0.845. The first kappa shape index (κ1) is 12.0. The lowest BCUT2D eigenvalue weighted by molar-refractivity contribution is 0.0697. The molecule has 0 aliphatic rings. The standard InChI is InChI=1S/C12H12N4O2/c1-2-7-5-14-4-3-8(7)11-15-6-9(12(17)18)10(13)16-11/h3-6H,2H2,1H3,(H,17,18)(H2,13,15,16). The molecule has 2 aromatic rings. The van der Waals surface area contributed by atoms with Crippen LogP contribution >= 0.6 is 0 Å². The lowest BCUT2D eigenvalue weighted by Gasteiger charge is -2.07. The Hall–Kier alpha value is -2.50. The van der Waals surface area contributed by atoms with E-state index >= 15 is 0 Å². The van der Waals surface area contributed by atoms with Crippen molar-refractivity contribution in [3.63, 3.8) is 0 Å². The lowest BCUT2D eigenvalue weighted by Crippen LogP contribution is -2.07. The van der Waals surface area contributed by atoms with E-state index in [4.69, 9.17) is 10.8 Å². The number of aryl methyl sites for hydroxylation is 1. The van der Waals surface area contributed by atoms with Crippen LogP contribution in [0.2, 0.25) is 0 Å². The largest absolute Gasteiger partial charge is 0.477 e. The molecule has 0 atom stereocenters. The van der Waals surface area contributed by atoms with Crippen LogP contribution in [0.15, 0.2) is 24.7 Å². The summed E-state index contributed by atoms with van der Waals surface area (Å²) in [7, 11) is 0. The molecule has 6 nitrogen and oxygen atoms in total. The van der Waals surface area contributed by atoms with Gasteiger partial charge < -0.3 is 10.8 Å². The Morgan fingerprint density at radius 2 is 2.22 bits per heavy atom. The van der Waals surface area contributed by atoms with E-state index in [-0.39, 0.29) is 11.4 Å². The van der Waals surface area contributed by atoms with E-state index in [1.54, 1.807) is 18.5 Å².